The number of thiocarbonyl (C=S) groups is 1. The maximum atomic E-state index is 12.1. The molecule has 2 saturated heterocycles. The molecule has 2 amide bonds. The van der Waals surface area contributed by atoms with E-state index in [-0.39, 0.29) is 18.4 Å². The summed E-state index contributed by atoms with van der Waals surface area (Å²) < 4.78 is 17.3. The molecule has 0 radical (unpaired) electrons. The van der Waals surface area contributed by atoms with Gasteiger partial charge < -0.3 is 45.7 Å². The first kappa shape index (κ1) is 35.6. The summed E-state index contributed by atoms with van der Waals surface area (Å²) in [6, 6.07) is -0.659. The van der Waals surface area contributed by atoms with E-state index in [1.165, 1.54) is 0 Å². The van der Waals surface area contributed by atoms with Crippen molar-refractivity contribution in [3.63, 3.8) is 0 Å². The summed E-state index contributed by atoms with van der Waals surface area (Å²) in [4.78, 5) is 26.4. The summed E-state index contributed by atoms with van der Waals surface area (Å²) in [5.41, 5.74) is 0. The van der Waals surface area contributed by atoms with Gasteiger partial charge in [-0.25, -0.2) is 0 Å². The maximum absolute atomic E-state index is 12.1. The number of unbranched alkanes of at least 4 members (excludes halogenated alkanes) is 4. The standard InChI is InChI=1S/C28H53N5O7S/c1-5-7-9-11-21(35)29-13-16-33(17-14-30-22(36)12-10-8-6-2)18-15-31-27(41)32-20(19-34)24-23(37)25-26(38-24)40-28(3,4)39-25/h20,23-26,34,37H,5-19H2,1-4H3,(H,29,35)(H,30,36)(H2,31,32,41)/t20-,23+,24-,25-,26-/m1/s1. The van der Waals surface area contributed by atoms with Gasteiger partial charge in [-0.3, -0.25) is 14.5 Å². The second kappa shape index (κ2) is 18.8. The zero-order valence-corrected chi connectivity index (χ0v) is 26.1. The van der Waals surface area contributed by atoms with Crippen LogP contribution in [0.5, 0.6) is 0 Å². The van der Waals surface area contributed by atoms with Crippen LogP contribution in [-0.2, 0) is 23.8 Å². The van der Waals surface area contributed by atoms with Gasteiger partial charge in [-0.05, 0) is 38.9 Å². The smallest absolute Gasteiger partial charge is 0.220 e. The predicted octanol–water partition coefficient (Wildman–Crippen LogP) is 0.744. The van der Waals surface area contributed by atoms with Gasteiger partial charge in [0, 0.05) is 52.1 Å². The SMILES string of the molecule is CCCCCC(=O)NCCN(CCNC(=O)CCCCC)CCNC(=S)N[C@H](CO)[C@H]1O[C@@H]2OC(C)(C)O[C@@H]2[C@H]1O. The highest BCUT2D eigenvalue weighted by atomic mass is 32.1. The minimum absolute atomic E-state index is 0.0565. The van der Waals surface area contributed by atoms with Gasteiger partial charge in [0.1, 0.15) is 18.3 Å². The van der Waals surface area contributed by atoms with Gasteiger partial charge in [0.2, 0.25) is 11.8 Å². The molecular weight excluding hydrogens is 550 g/mol. The summed E-state index contributed by atoms with van der Waals surface area (Å²) in [6.07, 6.45) is 3.98. The number of carbonyl (C=O) groups is 2. The van der Waals surface area contributed by atoms with E-state index in [1.54, 1.807) is 13.8 Å². The molecule has 13 heteroatoms. The highest BCUT2D eigenvalue weighted by Crippen LogP contribution is 2.38. The van der Waals surface area contributed by atoms with E-state index >= 15 is 0 Å². The number of rotatable bonds is 20. The summed E-state index contributed by atoms with van der Waals surface area (Å²) in [7, 11) is 0. The Morgan fingerprint density at radius 1 is 0.902 bits per heavy atom. The number of ether oxygens (including phenoxy) is 3. The number of nitrogens with zero attached hydrogens (tertiary/aromatic N) is 1. The number of fused-ring (bicyclic) bond motifs is 1. The molecule has 2 rings (SSSR count). The summed E-state index contributed by atoms with van der Waals surface area (Å²) in [5.74, 6) is -0.732. The van der Waals surface area contributed by atoms with Gasteiger partial charge in [0.15, 0.2) is 17.2 Å². The number of aliphatic hydroxyl groups is 2. The number of hydrogen-bond acceptors (Lipinski definition) is 9. The van der Waals surface area contributed by atoms with Crippen LogP contribution in [0.3, 0.4) is 0 Å². The number of carbonyl (C=O) groups excluding carboxylic acids is 2. The topological polar surface area (TPSA) is 154 Å². The van der Waals surface area contributed by atoms with E-state index in [0.717, 1.165) is 38.5 Å². The first-order valence-electron chi connectivity index (χ1n) is 15.2. The molecular formula is C28H53N5O7S. The van der Waals surface area contributed by atoms with E-state index in [1.807, 2.05) is 0 Å². The fourth-order valence-electron chi connectivity index (χ4n) is 4.92. The lowest BCUT2D eigenvalue weighted by Gasteiger charge is -2.29. The molecule has 0 aliphatic carbocycles. The van der Waals surface area contributed by atoms with Crippen molar-refractivity contribution >= 4 is 29.1 Å². The number of amides is 2. The molecule has 5 atom stereocenters. The summed E-state index contributed by atoms with van der Waals surface area (Å²) in [6.45, 7) is 10.8. The van der Waals surface area contributed by atoms with Crippen LogP contribution < -0.4 is 21.3 Å². The summed E-state index contributed by atoms with van der Waals surface area (Å²) in [5, 5.41) is 33.1. The molecule has 0 unspecified atom stereocenters. The van der Waals surface area contributed by atoms with E-state index < -0.39 is 36.4 Å². The molecule has 2 aliphatic rings. The third-order valence-corrected chi connectivity index (χ3v) is 7.45. The quantitative estimate of drug-likeness (QED) is 0.0863. The fraction of sp³-hybridized carbons (Fsp3) is 0.893. The van der Waals surface area contributed by atoms with Gasteiger partial charge in [-0.15, -0.1) is 0 Å². The minimum Gasteiger partial charge on any atom is -0.394 e. The normalized spacial score (nSPS) is 23.7. The Kier molecular flexibility index (Phi) is 16.3. The minimum atomic E-state index is -0.987. The zero-order chi connectivity index (χ0) is 30.3. The van der Waals surface area contributed by atoms with Crippen LogP contribution in [0.2, 0.25) is 0 Å². The molecule has 0 aromatic carbocycles. The zero-order valence-electron chi connectivity index (χ0n) is 25.3. The van der Waals surface area contributed by atoms with E-state index in [9.17, 15) is 19.8 Å². The van der Waals surface area contributed by atoms with Crippen molar-refractivity contribution < 1.29 is 34.0 Å². The highest BCUT2D eigenvalue weighted by Gasteiger charge is 2.56. The van der Waals surface area contributed by atoms with Crippen LogP contribution in [-0.4, -0.2) is 114 Å². The Bertz CT molecular complexity index is 778. The van der Waals surface area contributed by atoms with Crippen LogP contribution in [0.25, 0.3) is 0 Å². The first-order valence-corrected chi connectivity index (χ1v) is 15.6. The fourth-order valence-corrected chi connectivity index (χ4v) is 5.17. The van der Waals surface area contributed by atoms with Gasteiger partial charge in [0.25, 0.3) is 0 Å². The van der Waals surface area contributed by atoms with Crippen molar-refractivity contribution in [3.05, 3.63) is 0 Å². The average Bonchev–Trinajstić information content (AvgIpc) is 3.38. The van der Waals surface area contributed by atoms with Crippen LogP contribution in [0.15, 0.2) is 0 Å². The molecule has 6 N–H and O–H groups in total. The monoisotopic (exact) mass is 603 g/mol. The second-order valence-electron chi connectivity index (χ2n) is 11.2. The molecule has 0 saturated carbocycles. The van der Waals surface area contributed by atoms with E-state index in [0.29, 0.717) is 57.2 Å². The van der Waals surface area contributed by atoms with Gasteiger partial charge >= 0.3 is 0 Å². The van der Waals surface area contributed by atoms with Crippen LogP contribution >= 0.6 is 12.2 Å². The second-order valence-corrected chi connectivity index (χ2v) is 11.6. The average molecular weight is 604 g/mol. The molecule has 0 bridgehead atoms. The van der Waals surface area contributed by atoms with Crippen molar-refractivity contribution in [2.45, 2.75) is 115 Å². The maximum Gasteiger partial charge on any atom is 0.220 e. The molecule has 0 aromatic heterocycles. The Balaban J connectivity index is 1.78. The van der Waals surface area contributed by atoms with Gasteiger partial charge in [0.05, 0.1) is 12.6 Å². The summed E-state index contributed by atoms with van der Waals surface area (Å²) >= 11 is 5.44. The van der Waals surface area contributed by atoms with Crippen LogP contribution in [0, 0.1) is 0 Å². The first-order chi connectivity index (χ1) is 19.6. The molecule has 0 spiro atoms. The number of hydrogen-bond donors (Lipinski definition) is 6. The van der Waals surface area contributed by atoms with E-state index in [4.69, 9.17) is 26.4 Å². The molecule has 41 heavy (non-hydrogen) atoms. The number of nitrogens with one attached hydrogen (secondary N) is 4. The van der Waals surface area contributed by atoms with Gasteiger partial charge in [-0.2, -0.15) is 0 Å². The highest BCUT2D eigenvalue weighted by molar-refractivity contribution is 7.80. The van der Waals surface area contributed by atoms with Crippen molar-refractivity contribution in [1.29, 1.82) is 0 Å². The number of aliphatic hydroxyl groups excluding tert-OH is 2. The predicted molar refractivity (Wildman–Crippen MR) is 160 cm³/mol. The Morgan fingerprint density at radius 2 is 1.44 bits per heavy atom. The molecule has 2 fully saturated rings. The van der Waals surface area contributed by atoms with Crippen LogP contribution in [0.4, 0.5) is 0 Å². The third-order valence-electron chi connectivity index (χ3n) is 7.19. The van der Waals surface area contributed by atoms with Crippen molar-refractivity contribution in [2.75, 3.05) is 45.9 Å². The lowest BCUT2D eigenvalue weighted by molar-refractivity contribution is -0.218. The Hall–Kier alpha value is -1.61. The Morgan fingerprint density at radius 3 is 1.93 bits per heavy atom. The molecule has 2 aliphatic heterocycles. The Labute approximate surface area is 250 Å². The molecule has 238 valence electrons. The molecule has 12 nitrogen and oxygen atoms in total. The van der Waals surface area contributed by atoms with Crippen molar-refractivity contribution in [1.82, 2.24) is 26.2 Å². The molecule has 0 aromatic rings. The van der Waals surface area contributed by atoms with Crippen molar-refractivity contribution in [3.8, 4) is 0 Å². The van der Waals surface area contributed by atoms with E-state index in [2.05, 4.69) is 40.0 Å². The van der Waals surface area contributed by atoms with Crippen molar-refractivity contribution in [2.24, 2.45) is 0 Å². The van der Waals surface area contributed by atoms with Crippen LogP contribution in [0.1, 0.15) is 79.1 Å². The van der Waals surface area contributed by atoms with Gasteiger partial charge in [-0.1, -0.05) is 39.5 Å². The largest absolute Gasteiger partial charge is 0.394 e. The lowest BCUT2D eigenvalue weighted by atomic mass is 10.0. The molecule has 2 heterocycles. The lowest BCUT2D eigenvalue weighted by Crippen LogP contribution is -2.54. The third kappa shape index (κ3) is 13.1.